The molecule has 0 fully saturated rings. The summed E-state index contributed by atoms with van der Waals surface area (Å²) in [6.07, 6.45) is 1.36. The van der Waals surface area contributed by atoms with Crippen molar-refractivity contribution in [3.05, 3.63) is 29.8 Å². The molecule has 4 heteroatoms. The van der Waals surface area contributed by atoms with Crippen LogP contribution in [0.25, 0.3) is 0 Å². The molecule has 1 aromatic carbocycles. The van der Waals surface area contributed by atoms with Crippen molar-refractivity contribution in [2.45, 2.75) is 33.1 Å². The molecule has 4 nitrogen and oxygen atoms in total. The number of ether oxygens (including phenoxy) is 1. The van der Waals surface area contributed by atoms with Gasteiger partial charge in [-0.15, -0.1) is 0 Å². The highest BCUT2D eigenvalue weighted by Gasteiger charge is 2.19. The minimum absolute atomic E-state index is 0.0264. The summed E-state index contributed by atoms with van der Waals surface area (Å²) >= 11 is 0. The fourth-order valence-corrected chi connectivity index (χ4v) is 1.75. The number of carbonyl (C=O) groups excluding carboxylic acids is 2. The van der Waals surface area contributed by atoms with Crippen molar-refractivity contribution in [1.29, 1.82) is 0 Å². The van der Waals surface area contributed by atoms with Gasteiger partial charge in [0.15, 0.2) is 0 Å². The molecular formula is C15H20O4. The summed E-state index contributed by atoms with van der Waals surface area (Å²) in [4.78, 5) is 23.1. The van der Waals surface area contributed by atoms with Crippen LogP contribution < -0.4 is 0 Å². The van der Waals surface area contributed by atoms with Gasteiger partial charge >= 0.3 is 5.97 Å². The Hall–Kier alpha value is -1.84. The van der Waals surface area contributed by atoms with Crippen LogP contribution in [0.1, 0.15) is 32.3 Å². The number of esters is 1. The van der Waals surface area contributed by atoms with Crippen molar-refractivity contribution >= 4 is 11.8 Å². The highest BCUT2D eigenvalue weighted by Crippen LogP contribution is 2.17. The summed E-state index contributed by atoms with van der Waals surface area (Å²) in [5.41, 5.74) is 0.918. The van der Waals surface area contributed by atoms with Gasteiger partial charge in [0, 0.05) is 5.92 Å². The number of benzene rings is 1. The zero-order valence-electron chi connectivity index (χ0n) is 11.4. The maximum Gasteiger partial charge on any atom is 0.306 e. The third-order valence-corrected chi connectivity index (χ3v) is 2.87. The number of rotatable bonds is 7. The first-order chi connectivity index (χ1) is 9.02. The molecule has 1 aromatic rings. The highest BCUT2D eigenvalue weighted by molar-refractivity contribution is 5.83. The summed E-state index contributed by atoms with van der Waals surface area (Å²) in [5.74, 6) is -0.540. The first-order valence-electron chi connectivity index (χ1n) is 6.47. The number of hydrogen-bond donors (Lipinski definition) is 1. The molecule has 1 atom stereocenters. The predicted octanol–water partition coefficient (Wildman–Crippen LogP) is 2.48. The summed E-state index contributed by atoms with van der Waals surface area (Å²) in [6, 6.07) is 6.65. The quantitative estimate of drug-likeness (QED) is 0.768. The van der Waals surface area contributed by atoms with Crippen LogP contribution in [0.15, 0.2) is 24.3 Å². The lowest BCUT2D eigenvalue weighted by atomic mass is 9.93. The van der Waals surface area contributed by atoms with Crippen LogP contribution in [-0.2, 0) is 20.7 Å². The van der Waals surface area contributed by atoms with Crippen molar-refractivity contribution in [3.63, 3.8) is 0 Å². The predicted molar refractivity (Wildman–Crippen MR) is 71.8 cm³/mol. The minimum Gasteiger partial charge on any atom is -0.508 e. The Morgan fingerprint density at radius 2 is 1.89 bits per heavy atom. The standard InChI is InChI=1S/C15H20O4/c1-3-8-19-15(18)10-13(11(2)16)9-12-4-6-14(17)7-5-12/h4-7,13,17H,3,8-10H2,1-2H3. The second-order valence-electron chi connectivity index (χ2n) is 4.60. The van der Waals surface area contributed by atoms with Crippen LogP contribution in [0.4, 0.5) is 0 Å². The second-order valence-corrected chi connectivity index (χ2v) is 4.60. The monoisotopic (exact) mass is 264 g/mol. The molecule has 1 N–H and O–H groups in total. The largest absolute Gasteiger partial charge is 0.508 e. The molecule has 0 aliphatic carbocycles. The van der Waals surface area contributed by atoms with E-state index < -0.39 is 0 Å². The number of ketones is 1. The first-order valence-corrected chi connectivity index (χ1v) is 6.47. The fourth-order valence-electron chi connectivity index (χ4n) is 1.75. The van der Waals surface area contributed by atoms with Crippen molar-refractivity contribution < 1.29 is 19.4 Å². The molecule has 1 unspecified atom stereocenters. The van der Waals surface area contributed by atoms with Crippen LogP contribution in [0.3, 0.4) is 0 Å². The third kappa shape index (κ3) is 5.55. The molecule has 0 aliphatic rings. The van der Waals surface area contributed by atoms with Gasteiger partial charge in [0.2, 0.25) is 0 Å². The van der Waals surface area contributed by atoms with Gasteiger partial charge in [-0.2, -0.15) is 0 Å². The van der Waals surface area contributed by atoms with Gasteiger partial charge in [0.05, 0.1) is 13.0 Å². The third-order valence-electron chi connectivity index (χ3n) is 2.87. The molecular weight excluding hydrogens is 244 g/mol. The average Bonchev–Trinajstić information content (AvgIpc) is 2.38. The maximum absolute atomic E-state index is 11.6. The van der Waals surface area contributed by atoms with Gasteiger partial charge in [0.1, 0.15) is 11.5 Å². The average molecular weight is 264 g/mol. The van der Waals surface area contributed by atoms with E-state index in [2.05, 4.69) is 0 Å². The molecule has 0 spiro atoms. The normalized spacial score (nSPS) is 11.9. The van der Waals surface area contributed by atoms with Crippen molar-refractivity contribution in [1.82, 2.24) is 0 Å². The molecule has 1 rings (SSSR count). The van der Waals surface area contributed by atoms with E-state index in [1.165, 1.54) is 6.92 Å². The van der Waals surface area contributed by atoms with Crippen LogP contribution in [0.2, 0.25) is 0 Å². The Morgan fingerprint density at radius 1 is 1.26 bits per heavy atom. The van der Waals surface area contributed by atoms with E-state index in [0.29, 0.717) is 13.0 Å². The molecule has 0 aliphatic heterocycles. The Morgan fingerprint density at radius 3 is 2.42 bits per heavy atom. The van der Waals surface area contributed by atoms with Crippen molar-refractivity contribution in [2.75, 3.05) is 6.61 Å². The molecule has 0 amide bonds. The molecule has 0 aromatic heterocycles. The Labute approximate surface area is 113 Å². The Bertz CT molecular complexity index is 422. The van der Waals surface area contributed by atoms with E-state index in [0.717, 1.165) is 12.0 Å². The number of hydrogen-bond acceptors (Lipinski definition) is 4. The zero-order valence-corrected chi connectivity index (χ0v) is 11.4. The van der Waals surface area contributed by atoms with E-state index in [1.807, 2.05) is 6.92 Å². The Balaban J connectivity index is 2.60. The summed E-state index contributed by atoms with van der Waals surface area (Å²) < 4.78 is 5.00. The van der Waals surface area contributed by atoms with Gasteiger partial charge in [0.25, 0.3) is 0 Å². The molecule has 0 heterocycles. The number of phenolic OH excluding ortho intramolecular Hbond substituents is 1. The first kappa shape index (κ1) is 15.2. The minimum atomic E-state index is -0.367. The number of aromatic hydroxyl groups is 1. The lowest BCUT2D eigenvalue weighted by Gasteiger charge is -2.13. The highest BCUT2D eigenvalue weighted by atomic mass is 16.5. The zero-order chi connectivity index (χ0) is 14.3. The lowest BCUT2D eigenvalue weighted by molar-refractivity contribution is -0.146. The molecule has 0 saturated carbocycles. The van der Waals surface area contributed by atoms with Crippen molar-refractivity contribution in [2.24, 2.45) is 5.92 Å². The van der Waals surface area contributed by atoms with Gasteiger partial charge in [-0.05, 0) is 37.5 Å². The molecule has 0 radical (unpaired) electrons. The van der Waals surface area contributed by atoms with Crippen molar-refractivity contribution in [3.8, 4) is 5.75 Å². The smallest absolute Gasteiger partial charge is 0.306 e. The van der Waals surface area contributed by atoms with E-state index in [-0.39, 0.29) is 29.8 Å². The van der Waals surface area contributed by atoms with Crippen LogP contribution in [0.5, 0.6) is 5.75 Å². The van der Waals surface area contributed by atoms with E-state index in [4.69, 9.17) is 4.74 Å². The van der Waals surface area contributed by atoms with Gasteiger partial charge in [-0.3, -0.25) is 9.59 Å². The SMILES string of the molecule is CCCOC(=O)CC(Cc1ccc(O)cc1)C(C)=O. The molecule has 0 saturated heterocycles. The lowest BCUT2D eigenvalue weighted by Crippen LogP contribution is -2.20. The van der Waals surface area contributed by atoms with Gasteiger partial charge < -0.3 is 9.84 Å². The van der Waals surface area contributed by atoms with Crippen LogP contribution in [0, 0.1) is 5.92 Å². The summed E-state index contributed by atoms with van der Waals surface area (Å²) in [7, 11) is 0. The Kier molecular flexibility index (Phi) is 6.06. The fraction of sp³-hybridized carbons (Fsp3) is 0.467. The van der Waals surface area contributed by atoms with E-state index in [1.54, 1.807) is 24.3 Å². The van der Waals surface area contributed by atoms with E-state index >= 15 is 0 Å². The molecule has 0 bridgehead atoms. The van der Waals surface area contributed by atoms with Gasteiger partial charge in [-0.1, -0.05) is 19.1 Å². The second kappa shape index (κ2) is 7.56. The molecule has 19 heavy (non-hydrogen) atoms. The topological polar surface area (TPSA) is 63.6 Å². The summed E-state index contributed by atoms with van der Waals surface area (Å²) in [6.45, 7) is 3.80. The van der Waals surface area contributed by atoms with Gasteiger partial charge in [-0.25, -0.2) is 0 Å². The van der Waals surface area contributed by atoms with Crippen LogP contribution >= 0.6 is 0 Å². The van der Waals surface area contributed by atoms with Crippen LogP contribution in [-0.4, -0.2) is 23.5 Å². The summed E-state index contributed by atoms with van der Waals surface area (Å²) in [5, 5.41) is 9.20. The number of phenols is 1. The number of carbonyl (C=O) groups is 2. The molecule has 104 valence electrons. The number of Topliss-reactive ketones (excluding diaryl/α,β-unsaturated/α-hetero) is 1. The van der Waals surface area contributed by atoms with E-state index in [9.17, 15) is 14.7 Å². The maximum atomic E-state index is 11.6.